The van der Waals surface area contributed by atoms with Gasteiger partial charge in [-0.25, -0.2) is 0 Å². The Hall–Kier alpha value is -1.64. The van der Waals surface area contributed by atoms with Gasteiger partial charge in [-0.3, -0.25) is 4.99 Å². The minimum atomic E-state index is 0.627. The largest absolute Gasteiger partial charge is 0.410 e. The van der Waals surface area contributed by atoms with E-state index in [4.69, 9.17) is 5.21 Å². The molecule has 0 aromatic heterocycles. The van der Waals surface area contributed by atoms with Gasteiger partial charge in [-0.15, -0.1) is 0 Å². The lowest BCUT2D eigenvalue weighted by molar-refractivity contribution is 0.320. The van der Waals surface area contributed by atoms with Crippen LogP contribution in [0.1, 0.15) is 31.2 Å². The first-order chi connectivity index (χ1) is 7.92. The third-order valence-electron chi connectivity index (χ3n) is 2.79. The van der Waals surface area contributed by atoms with Crippen LogP contribution in [0.2, 0.25) is 0 Å². The Kier molecular flexibility index (Phi) is 3.70. The van der Waals surface area contributed by atoms with Crippen LogP contribution in [-0.4, -0.2) is 23.2 Å². The summed E-state index contributed by atoms with van der Waals surface area (Å²) in [5.41, 5.74) is 2.50. The molecule has 0 amide bonds. The van der Waals surface area contributed by atoms with E-state index in [9.17, 15) is 0 Å². The van der Waals surface area contributed by atoms with Gasteiger partial charge in [-0.05, 0) is 19.3 Å². The molecule has 0 aliphatic carbocycles. The summed E-state index contributed by atoms with van der Waals surface area (Å²) in [4.78, 5) is 4.50. The predicted molar refractivity (Wildman–Crippen MR) is 65.5 cm³/mol. The van der Waals surface area contributed by atoms with Gasteiger partial charge in [0.25, 0.3) is 0 Å². The zero-order valence-electron chi connectivity index (χ0n) is 9.26. The Labute approximate surface area is 95.5 Å². The highest BCUT2D eigenvalue weighted by Gasteiger charge is 2.13. The first-order valence-electron chi connectivity index (χ1n) is 5.73. The minimum absolute atomic E-state index is 0.627. The van der Waals surface area contributed by atoms with E-state index in [-0.39, 0.29) is 0 Å². The third kappa shape index (κ3) is 2.48. The summed E-state index contributed by atoms with van der Waals surface area (Å²) in [6, 6.07) is 9.73. The fourth-order valence-electron chi connectivity index (χ4n) is 1.95. The van der Waals surface area contributed by atoms with Crippen LogP contribution in [0.4, 0.5) is 0 Å². The van der Waals surface area contributed by atoms with Crippen molar-refractivity contribution in [2.45, 2.75) is 25.7 Å². The summed E-state index contributed by atoms with van der Waals surface area (Å²) in [7, 11) is 0. The lowest BCUT2D eigenvalue weighted by Gasteiger charge is -2.06. The van der Waals surface area contributed by atoms with E-state index in [0.717, 1.165) is 37.1 Å². The number of hydrogen-bond acceptors (Lipinski definition) is 3. The normalized spacial score (nSPS) is 17.8. The molecule has 0 radical (unpaired) electrons. The summed E-state index contributed by atoms with van der Waals surface area (Å²) in [5.74, 6) is 0. The highest BCUT2D eigenvalue weighted by atomic mass is 16.4. The zero-order chi connectivity index (χ0) is 11.2. The molecule has 3 heteroatoms. The molecule has 1 aromatic carbocycles. The molecule has 2 rings (SSSR count). The monoisotopic (exact) mass is 216 g/mol. The van der Waals surface area contributed by atoms with E-state index in [2.05, 4.69) is 10.1 Å². The molecule has 0 unspecified atom stereocenters. The number of oxime groups is 1. The zero-order valence-corrected chi connectivity index (χ0v) is 9.26. The van der Waals surface area contributed by atoms with Gasteiger partial charge in [0, 0.05) is 12.1 Å². The van der Waals surface area contributed by atoms with Crippen molar-refractivity contribution >= 4 is 11.4 Å². The van der Waals surface area contributed by atoms with Gasteiger partial charge in [0.1, 0.15) is 5.71 Å². The number of benzene rings is 1. The fourth-order valence-corrected chi connectivity index (χ4v) is 1.95. The molecule has 0 spiro atoms. The summed E-state index contributed by atoms with van der Waals surface area (Å²) < 4.78 is 0. The maximum Gasteiger partial charge on any atom is 0.130 e. The average Bonchev–Trinajstić information content (AvgIpc) is 2.61. The molecule has 1 aliphatic rings. The molecule has 0 saturated heterocycles. The Morgan fingerprint density at radius 2 is 1.94 bits per heavy atom. The van der Waals surface area contributed by atoms with Crippen molar-refractivity contribution in [1.29, 1.82) is 0 Å². The summed E-state index contributed by atoms with van der Waals surface area (Å²) in [6.45, 7) is 0.848. The van der Waals surface area contributed by atoms with Crippen LogP contribution in [0, 0.1) is 0 Å². The quantitative estimate of drug-likeness (QED) is 0.461. The third-order valence-corrected chi connectivity index (χ3v) is 2.79. The minimum Gasteiger partial charge on any atom is -0.410 e. The van der Waals surface area contributed by atoms with E-state index in [1.54, 1.807) is 0 Å². The Balaban J connectivity index is 2.26. The lowest BCUT2D eigenvalue weighted by atomic mass is 10.0. The van der Waals surface area contributed by atoms with E-state index in [1.807, 2.05) is 30.3 Å². The van der Waals surface area contributed by atoms with Gasteiger partial charge in [0.05, 0.1) is 5.71 Å². The first-order valence-corrected chi connectivity index (χ1v) is 5.73. The maximum atomic E-state index is 9.13. The van der Waals surface area contributed by atoms with E-state index < -0.39 is 0 Å². The first kappa shape index (κ1) is 10.9. The van der Waals surface area contributed by atoms with Gasteiger partial charge in [0.2, 0.25) is 0 Å². The van der Waals surface area contributed by atoms with Crippen molar-refractivity contribution in [3.8, 4) is 0 Å². The van der Waals surface area contributed by atoms with Crippen molar-refractivity contribution < 1.29 is 5.21 Å². The van der Waals surface area contributed by atoms with Crippen LogP contribution in [0.5, 0.6) is 0 Å². The molecule has 0 bridgehead atoms. The topological polar surface area (TPSA) is 45.0 Å². The SMILES string of the molecule is O/N=C(\C1=NCCCCC1)c1ccccc1. The van der Waals surface area contributed by atoms with Gasteiger partial charge in [-0.1, -0.05) is 41.9 Å². The van der Waals surface area contributed by atoms with Crippen molar-refractivity contribution in [3.05, 3.63) is 35.9 Å². The average molecular weight is 216 g/mol. The Bertz CT molecular complexity index is 396. The molecule has 16 heavy (non-hydrogen) atoms. The second-order valence-corrected chi connectivity index (χ2v) is 3.95. The number of aliphatic imine (C=N–C) groups is 1. The summed E-state index contributed by atoms with van der Waals surface area (Å²) in [5, 5.41) is 12.5. The highest BCUT2D eigenvalue weighted by Crippen LogP contribution is 2.12. The van der Waals surface area contributed by atoms with Crippen LogP contribution >= 0.6 is 0 Å². The maximum absolute atomic E-state index is 9.13. The Morgan fingerprint density at radius 1 is 1.12 bits per heavy atom. The van der Waals surface area contributed by atoms with Crippen LogP contribution in [0.25, 0.3) is 0 Å². The van der Waals surface area contributed by atoms with Crippen LogP contribution in [-0.2, 0) is 0 Å². The Morgan fingerprint density at radius 3 is 2.69 bits per heavy atom. The van der Waals surface area contributed by atoms with Crippen LogP contribution < -0.4 is 0 Å². The highest BCUT2D eigenvalue weighted by molar-refractivity contribution is 6.48. The lowest BCUT2D eigenvalue weighted by Crippen LogP contribution is -2.15. The molecule has 1 aliphatic heterocycles. The molecule has 0 atom stereocenters. The second-order valence-electron chi connectivity index (χ2n) is 3.95. The van der Waals surface area contributed by atoms with Gasteiger partial charge in [0.15, 0.2) is 0 Å². The van der Waals surface area contributed by atoms with Crippen LogP contribution in [0.3, 0.4) is 0 Å². The van der Waals surface area contributed by atoms with Gasteiger partial charge >= 0.3 is 0 Å². The van der Waals surface area contributed by atoms with Crippen molar-refractivity contribution in [1.82, 2.24) is 0 Å². The standard InChI is InChI=1S/C13H16N2O/c16-15-13(11-7-3-1-4-8-11)12-9-5-2-6-10-14-12/h1,3-4,7-8,16H,2,5-6,9-10H2/b15-13-. The molecule has 1 heterocycles. The summed E-state index contributed by atoms with van der Waals surface area (Å²) >= 11 is 0. The molecule has 0 saturated carbocycles. The smallest absolute Gasteiger partial charge is 0.130 e. The number of rotatable bonds is 2. The van der Waals surface area contributed by atoms with Gasteiger partial charge in [-0.2, -0.15) is 0 Å². The van der Waals surface area contributed by atoms with E-state index in [0.29, 0.717) is 5.71 Å². The molecular weight excluding hydrogens is 200 g/mol. The van der Waals surface area contributed by atoms with Crippen molar-refractivity contribution in [2.75, 3.05) is 6.54 Å². The molecular formula is C13H16N2O. The van der Waals surface area contributed by atoms with Gasteiger partial charge < -0.3 is 5.21 Å². The molecule has 0 fully saturated rings. The number of nitrogens with zero attached hydrogens (tertiary/aromatic N) is 2. The van der Waals surface area contributed by atoms with Crippen LogP contribution in [0.15, 0.2) is 40.5 Å². The second kappa shape index (κ2) is 5.45. The molecule has 3 nitrogen and oxygen atoms in total. The van der Waals surface area contributed by atoms with Crippen molar-refractivity contribution in [3.63, 3.8) is 0 Å². The predicted octanol–water partition coefficient (Wildman–Crippen LogP) is 2.88. The summed E-state index contributed by atoms with van der Waals surface area (Å²) in [6.07, 6.45) is 4.39. The molecule has 1 N–H and O–H groups in total. The molecule has 84 valence electrons. The number of hydrogen-bond donors (Lipinski definition) is 1. The van der Waals surface area contributed by atoms with Crippen molar-refractivity contribution in [2.24, 2.45) is 10.1 Å². The van der Waals surface area contributed by atoms with E-state index in [1.165, 1.54) is 6.42 Å². The molecule has 1 aromatic rings. The fraction of sp³-hybridized carbons (Fsp3) is 0.385. The van der Waals surface area contributed by atoms with E-state index >= 15 is 0 Å².